The van der Waals surface area contributed by atoms with Gasteiger partial charge >= 0.3 is 5.37 Å². The molecular weight excluding hydrogens is 374 g/mol. The quantitative estimate of drug-likeness (QED) is 0.392. The molecule has 28 heavy (non-hydrogen) atoms. The maximum atomic E-state index is 13.1. The molecule has 1 saturated carbocycles. The summed E-state index contributed by atoms with van der Waals surface area (Å²) in [7, 11) is -4.06. The minimum absolute atomic E-state index is 0.0158. The van der Waals surface area contributed by atoms with Crippen LogP contribution in [0.5, 0.6) is 0 Å². The van der Waals surface area contributed by atoms with Crippen molar-refractivity contribution < 1.29 is 13.3 Å². The number of fused-ring (bicyclic) bond motifs is 1. The predicted octanol–water partition coefficient (Wildman–Crippen LogP) is 5.03. The minimum Gasteiger partial charge on any atom is -0.263 e. The number of nitro groups is 1. The van der Waals surface area contributed by atoms with E-state index in [9.17, 15) is 18.5 Å². The summed E-state index contributed by atoms with van der Waals surface area (Å²) < 4.78 is 26.2. The summed E-state index contributed by atoms with van der Waals surface area (Å²) in [5.74, 6) is 0.0215. The topological polar surface area (TPSA) is 77.3 Å². The molecule has 3 unspecified atom stereocenters. The van der Waals surface area contributed by atoms with Crippen molar-refractivity contribution in [3.8, 4) is 0 Å². The first-order valence-electron chi connectivity index (χ1n) is 9.86. The minimum atomic E-state index is -4.06. The van der Waals surface area contributed by atoms with Crippen LogP contribution in [-0.2, 0) is 9.84 Å². The van der Waals surface area contributed by atoms with Crippen LogP contribution >= 0.6 is 0 Å². The van der Waals surface area contributed by atoms with Crippen LogP contribution in [0.15, 0.2) is 59.0 Å². The fourth-order valence-electron chi connectivity index (χ4n) is 5.02. The van der Waals surface area contributed by atoms with Crippen LogP contribution in [0.3, 0.4) is 0 Å². The number of nitrogens with zero attached hydrogens (tertiary/aromatic N) is 1. The van der Waals surface area contributed by atoms with Crippen LogP contribution < -0.4 is 0 Å². The number of hydrogen-bond donors (Lipinski definition) is 0. The third-order valence-corrected chi connectivity index (χ3v) is 9.04. The molecule has 1 fully saturated rings. The molecule has 5 atom stereocenters. The highest BCUT2D eigenvalue weighted by Crippen LogP contribution is 2.55. The van der Waals surface area contributed by atoms with Gasteiger partial charge in [-0.3, -0.25) is 10.1 Å². The van der Waals surface area contributed by atoms with Crippen LogP contribution in [0, 0.1) is 33.3 Å². The normalized spacial score (nSPS) is 31.4. The van der Waals surface area contributed by atoms with E-state index in [2.05, 4.69) is 27.4 Å². The summed E-state index contributed by atoms with van der Waals surface area (Å²) in [6.45, 7) is 10.5. The second kappa shape index (κ2) is 7.47. The number of rotatable bonds is 5. The summed E-state index contributed by atoms with van der Waals surface area (Å²) in [6, 6.07) is 7.78. The monoisotopic (exact) mass is 403 g/mol. The lowest BCUT2D eigenvalue weighted by Crippen LogP contribution is -2.44. The Bertz CT molecular complexity index is 906. The van der Waals surface area contributed by atoms with Crippen molar-refractivity contribution in [2.24, 2.45) is 23.2 Å². The summed E-state index contributed by atoms with van der Waals surface area (Å²) in [5.41, 5.74) is 2.32. The molecule has 0 heterocycles. The van der Waals surface area contributed by atoms with Crippen molar-refractivity contribution in [1.82, 2.24) is 0 Å². The van der Waals surface area contributed by atoms with Gasteiger partial charge in [-0.05, 0) is 62.0 Å². The van der Waals surface area contributed by atoms with Gasteiger partial charge in [0.25, 0.3) is 0 Å². The maximum absolute atomic E-state index is 13.1. The van der Waals surface area contributed by atoms with E-state index in [0.29, 0.717) is 12.3 Å². The van der Waals surface area contributed by atoms with Gasteiger partial charge in [0.2, 0.25) is 9.84 Å². The number of allylic oxidation sites excluding steroid dienone is 2. The molecule has 0 aromatic heterocycles. The van der Waals surface area contributed by atoms with E-state index in [1.165, 1.54) is 23.3 Å². The lowest BCUT2D eigenvalue weighted by atomic mass is 9.56. The standard InChI is InChI=1S/C22H29NO4S/c1-15(2)17-10-11-19-13-18(12-16(3)22(19,4)14-17)21(23(24)25)28(26,27)20-8-6-5-7-9-20/h5-9,13,16-18,21H,1,10-12,14H2,2-4H3/t16-,17?,18?,21?,22+/m1/s1. The Hall–Kier alpha value is -1.95. The lowest BCUT2D eigenvalue weighted by Gasteiger charge is -2.49. The second-order valence-corrected chi connectivity index (χ2v) is 10.8. The van der Waals surface area contributed by atoms with Crippen molar-refractivity contribution in [1.29, 1.82) is 0 Å². The molecule has 5 nitrogen and oxygen atoms in total. The van der Waals surface area contributed by atoms with Crippen molar-refractivity contribution in [2.75, 3.05) is 0 Å². The van der Waals surface area contributed by atoms with Crippen molar-refractivity contribution in [3.63, 3.8) is 0 Å². The molecule has 0 radical (unpaired) electrons. The Morgan fingerprint density at radius 3 is 2.54 bits per heavy atom. The Labute approximate surface area is 167 Å². The van der Waals surface area contributed by atoms with Crippen molar-refractivity contribution in [3.05, 3.63) is 64.2 Å². The van der Waals surface area contributed by atoms with Crippen LogP contribution in [0.2, 0.25) is 0 Å². The van der Waals surface area contributed by atoms with E-state index in [-0.39, 0.29) is 16.2 Å². The smallest absolute Gasteiger partial charge is 0.263 e. The third kappa shape index (κ3) is 3.54. The first-order valence-corrected chi connectivity index (χ1v) is 11.4. The predicted molar refractivity (Wildman–Crippen MR) is 110 cm³/mol. The Kier molecular flexibility index (Phi) is 5.54. The van der Waals surface area contributed by atoms with E-state index in [4.69, 9.17) is 0 Å². The first-order chi connectivity index (χ1) is 13.1. The van der Waals surface area contributed by atoms with Crippen molar-refractivity contribution >= 4 is 9.84 Å². The second-order valence-electron chi connectivity index (χ2n) is 8.73. The average Bonchev–Trinajstić information content (AvgIpc) is 2.62. The zero-order valence-electron chi connectivity index (χ0n) is 16.8. The molecular formula is C22H29NO4S. The molecule has 1 aromatic carbocycles. The first kappa shape index (κ1) is 20.8. The van der Waals surface area contributed by atoms with Crippen LogP contribution in [0.25, 0.3) is 0 Å². The lowest BCUT2D eigenvalue weighted by molar-refractivity contribution is -0.504. The van der Waals surface area contributed by atoms with E-state index < -0.39 is 26.1 Å². The molecule has 0 N–H and O–H groups in total. The van der Waals surface area contributed by atoms with Crippen LogP contribution in [0.4, 0.5) is 0 Å². The third-order valence-electron chi connectivity index (χ3n) is 6.96. The largest absolute Gasteiger partial charge is 0.320 e. The SMILES string of the molecule is C=C(C)C1CCC2=CC(C([N+](=O)[O-])S(=O)(=O)c3ccccc3)C[C@@H](C)[C@]2(C)C1. The fourth-order valence-corrected chi connectivity index (χ4v) is 6.71. The fraction of sp³-hybridized carbons (Fsp3) is 0.545. The number of sulfone groups is 1. The van der Waals surface area contributed by atoms with E-state index in [1.807, 2.05) is 6.08 Å². The molecule has 0 aliphatic heterocycles. The number of hydrogen-bond acceptors (Lipinski definition) is 4. The Morgan fingerprint density at radius 1 is 1.32 bits per heavy atom. The molecule has 0 spiro atoms. The summed E-state index contributed by atoms with van der Waals surface area (Å²) in [6.07, 6.45) is 5.23. The summed E-state index contributed by atoms with van der Waals surface area (Å²) >= 11 is 0. The summed E-state index contributed by atoms with van der Waals surface area (Å²) in [5, 5.41) is 10.2. The summed E-state index contributed by atoms with van der Waals surface area (Å²) in [4.78, 5) is 11.3. The maximum Gasteiger partial charge on any atom is 0.320 e. The number of benzene rings is 1. The van der Waals surface area contributed by atoms with Crippen LogP contribution in [0.1, 0.15) is 46.5 Å². The van der Waals surface area contributed by atoms with Gasteiger partial charge in [-0.1, -0.05) is 55.8 Å². The van der Waals surface area contributed by atoms with E-state index in [0.717, 1.165) is 19.3 Å². The highest BCUT2D eigenvalue weighted by atomic mass is 32.2. The molecule has 1 aromatic rings. The van der Waals surface area contributed by atoms with Crippen LogP contribution in [-0.4, -0.2) is 18.7 Å². The van der Waals surface area contributed by atoms with Gasteiger partial charge in [-0.15, -0.1) is 0 Å². The van der Waals surface area contributed by atoms with E-state index in [1.54, 1.807) is 18.2 Å². The molecule has 2 aliphatic rings. The molecule has 2 aliphatic carbocycles. The van der Waals surface area contributed by atoms with Gasteiger partial charge in [0.15, 0.2) is 0 Å². The van der Waals surface area contributed by atoms with E-state index >= 15 is 0 Å². The average molecular weight is 404 g/mol. The zero-order chi connectivity index (χ0) is 20.7. The van der Waals surface area contributed by atoms with Gasteiger partial charge in [0.1, 0.15) is 0 Å². The van der Waals surface area contributed by atoms with Gasteiger partial charge in [0, 0.05) is 4.92 Å². The van der Waals surface area contributed by atoms with Gasteiger partial charge in [-0.25, -0.2) is 8.42 Å². The van der Waals surface area contributed by atoms with Gasteiger partial charge in [-0.2, -0.15) is 0 Å². The molecule has 6 heteroatoms. The Morgan fingerprint density at radius 2 is 1.96 bits per heavy atom. The van der Waals surface area contributed by atoms with Gasteiger partial charge < -0.3 is 0 Å². The van der Waals surface area contributed by atoms with Gasteiger partial charge in [0.05, 0.1) is 10.8 Å². The highest BCUT2D eigenvalue weighted by molar-refractivity contribution is 7.91. The molecule has 0 amide bonds. The zero-order valence-corrected chi connectivity index (χ0v) is 17.6. The highest BCUT2D eigenvalue weighted by Gasteiger charge is 2.50. The molecule has 0 bridgehead atoms. The molecule has 0 saturated heterocycles. The van der Waals surface area contributed by atoms with Crippen molar-refractivity contribution in [2.45, 2.75) is 56.7 Å². The molecule has 3 rings (SSSR count). The molecule has 152 valence electrons. The Balaban J connectivity index is 1.99.